The zero-order valence-electron chi connectivity index (χ0n) is 20.6. The topological polar surface area (TPSA) is 111 Å². The lowest BCUT2D eigenvalue weighted by atomic mass is 9.95. The SMILES string of the molecule is O=C(NCc1c2c(nn1CCC1CC1)C[C@H](CCc1cccc(OCC(F)(F)F)c1)NC2=O)c1cocn1. The van der Waals surface area contributed by atoms with Crippen LogP contribution in [-0.2, 0) is 25.9 Å². The molecule has 1 atom stereocenters. The van der Waals surface area contributed by atoms with Crippen LogP contribution in [-0.4, -0.2) is 45.4 Å². The van der Waals surface area contributed by atoms with Crippen molar-refractivity contribution in [2.75, 3.05) is 6.61 Å². The summed E-state index contributed by atoms with van der Waals surface area (Å²) in [4.78, 5) is 29.4. The molecular formula is C26H28F3N5O4. The first kappa shape index (κ1) is 25.8. The number of ether oxygens (including phenoxy) is 1. The van der Waals surface area contributed by atoms with Gasteiger partial charge < -0.3 is 19.8 Å². The van der Waals surface area contributed by atoms with Crippen molar-refractivity contribution >= 4 is 11.8 Å². The molecule has 3 aromatic rings. The number of aryl methyl sites for hydroxylation is 2. The normalized spacial score (nSPS) is 17.1. The lowest BCUT2D eigenvalue weighted by Gasteiger charge is -2.23. The first-order valence-corrected chi connectivity index (χ1v) is 12.6. The third-order valence-corrected chi connectivity index (χ3v) is 6.74. The Balaban J connectivity index is 1.25. The number of carbonyl (C=O) groups is 2. The van der Waals surface area contributed by atoms with Gasteiger partial charge in [-0.1, -0.05) is 25.0 Å². The summed E-state index contributed by atoms with van der Waals surface area (Å²) in [5.74, 6) is 0.174. The highest BCUT2D eigenvalue weighted by molar-refractivity contribution is 5.98. The average Bonchev–Trinajstić information content (AvgIpc) is 3.40. The minimum atomic E-state index is -4.40. The molecule has 2 amide bonds. The number of fused-ring (bicyclic) bond motifs is 1. The Bertz CT molecular complexity index is 1280. The predicted molar refractivity (Wildman–Crippen MR) is 129 cm³/mol. The molecule has 1 saturated carbocycles. The first-order valence-electron chi connectivity index (χ1n) is 12.6. The van der Waals surface area contributed by atoms with Crippen LogP contribution in [0.3, 0.4) is 0 Å². The van der Waals surface area contributed by atoms with Crippen LogP contribution in [0.4, 0.5) is 13.2 Å². The fraction of sp³-hybridized carbons (Fsp3) is 0.462. The third kappa shape index (κ3) is 6.53. The maximum absolute atomic E-state index is 13.2. The maximum Gasteiger partial charge on any atom is 0.422 e. The molecule has 2 aromatic heterocycles. The fourth-order valence-corrected chi connectivity index (χ4v) is 4.62. The zero-order chi connectivity index (χ0) is 26.7. The van der Waals surface area contributed by atoms with Crippen LogP contribution in [0.5, 0.6) is 5.75 Å². The molecule has 0 saturated heterocycles. The van der Waals surface area contributed by atoms with Crippen molar-refractivity contribution in [3.8, 4) is 5.75 Å². The van der Waals surface area contributed by atoms with E-state index >= 15 is 0 Å². The van der Waals surface area contributed by atoms with E-state index in [9.17, 15) is 22.8 Å². The molecule has 0 spiro atoms. The second-order valence-corrected chi connectivity index (χ2v) is 9.74. The summed E-state index contributed by atoms with van der Waals surface area (Å²) in [6.45, 7) is -0.556. The molecule has 2 N–H and O–H groups in total. The van der Waals surface area contributed by atoms with Crippen LogP contribution in [0.15, 0.2) is 41.3 Å². The maximum atomic E-state index is 13.2. The molecule has 38 heavy (non-hydrogen) atoms. The van der Waals surface area contributed by atoms with Gasteiger partial charge in [0.15, 0.2) is 18.7 Å². The number of alkyl halides is 3. The minimum Gasteiger partial charge on any atom is -0.484 e. The van der Waals surface area contributed by atoms with Crippen LogP contribution in [0, 0.1) is 5.92 Å². The van der Waals surface area contributed by atoms with Gasteiger partial charge in [0.2, 0.25) is 0 Å². The van der Waals surface area contributed by atoms with Crippen molar-refractivity contribution in [3.05, 3.63) is 65.1 Å². The molecule has 12 heteroatoms. The largest absolute Gasteiger partial charge is 0.484 e. The Hall–Kier alpha value is -3.83. The number of halogens is 3. The highest BCUT2D eigenvalue weighted by atomic mass is 19.4. The smallest absolute Gasteiger partial charge is 0.422 e. The molecule has 0 radical (unpaired) electrons. The predicted octanol–water partition coefficient (Wildman–Crippen LogP) is 3.83. The molecule has 5 rings (SSSR count). The van der Waals surface area contributed by atoms with Crippen molar-refractivity contribution in [2.45, 2.75) is 63.8 Å². The fourth-order valence-electron chi connectivity index (χ4n) is 4.62. The van der Waals surface area contributed by atoms with Gasteiger partial charge in [-0.25, -0.2) is 4.98 Å². The number of amides is 2. The number of aromatic nitrogens is 3. The molecular weight excluding hydrogens is 503 g/mol. The van der Waals surface area contributed by atoms with Gasteiger partial charge in [-0.15, -0.1) is 0 Å². The van der Waals surface area contributed by atoms with Gasteiger partial charge in [-0.3, -0.25) is 14.3 Å². The van der Waals surface area contributed by atoms with E-state index in [1.54, 1.807) is 12.1 Å². The molecule has 2 aliphatic rings. The number of carbonyl (C=O) groups excluding carboxylic acids is 2. The summed E-state index contributed by atoms with van der Waals surface area (Å²) in [6, 6.07) is 6.36. The molecule has 1 fully saturated rings. The zero-order valence-corrected chi connectivity index (χ0v) is 20.6. The van der Waals surface area contributed by atoms with Crippen molar-refractivity contribution in [1.82, 2.24) is 25.4 Å². The molecule has 1 aromatic carbocycles. The van der Waals surface area contributed by atoms with E-state index in [0.717, 1.165) is 12.0 Å². The number of hydrogen-bond acceptors (Lipinski definition) is 6. The highest BCUT2D eigenvalue weighted by Gasteiger charge is 2.32. The molecule has 3 heterocycles. The summed E-state index contributed by atoms with van der Waals surface area (Å²) < 4.78 is 48.9. The van der Waals surface area contributed by atoms with Gasteiger partial charge >= 0.3 is 6.18 Å². The van der Waals surface area contributed by atoms with Crippen LogP contribution < -0.4 is 15.4 Å². The van der Waals surface area contributed by atoms with E-state index in [1.807, 2.05) is 10.7 Å². The van der Waals surface area contributed by atoms with Crippen LogP contribution in [0.1, 0.15) is 63.5 Å². The summed E-state index contributed by atoms with van der Waals surface area (Å²) in [5.41, 5.74) is 2.79. The summed E-state index contributed by atoms with van der Waals surface area (Å²) >= 11 is 0. The second kappa shape index (κ2) is 10.9. The van der Waals surface area contributed by atoms with E-state index in [2.05, 4.69) is 15.6 Å². The lowest BCUT2D eigenvalue weighted by molar-refractivity contribution is -0.153. The van der Waals surface area contributed by atoms with E-state index in [1.165, 1.54) is 31.6 Å². The van der Waals surface area contributed by atoms with Crippen LogP contribution >= 0.6 is 0 Å². The van der Waals surface area contributed by atoms with Gasteiger partial charge in [0, 0.05) is 19.0 Å². The Kier molecular flexibility index (Phi) is 7.39. The molecule has 9 nitrogen and oxygen atoms in total. The van der Waals surface area contributed by atoms with Gasteiger partial charge in [0.1, 0.15) is 12.0 Å². The molecule has 0 unspecified atom stereocenters. The molecule has 1 aliphatic carbocycles. The van der Waals surface area contributed by atoms with Crippen molar-refractivity contribution < 1.29 is 31.9 Å². The van der Waals surface area contributed by atoms with Crippen molar-refractivity contribution in [3.63, 3.8) is 0 Å². The van der Waals surface area contributed by atoms with E-state index in [-0.39, 0.29) is 29.9 Å². The standard InChI is InChI=1S/C26H28F3N5O4/c27-26(28,29)14-38-19-3-1-2-17(10-19)6-7-18-11-20-23(25(36)32-18)22(34(33-20)9-8-16-4-5-16)12-30-24(35)21-13-37-15-31-21/h1-3,10,13,15-16,18H,4-9,11-12,14H2,(H,30,35)(H,32,36)/t18-/m0/s1. The number of benzene rings is 1. The average molecular weight is 532 g/mol. The second-order valence-electron chi connectivity index (χ2n) is 9.74. The number of hydrogen-bond donors (Lipinski definition) is 2. The Morgan fingerprint density at radius 2 is 2.11 bits per heavy atom. The summed E-state index contributed by atoms with van der Waals surface area (Å²) in [6.07, 6.45) is 3.04. The van der Waals surface area contributed by atoms with Gasteiger partial charge in [-0.2, -0.15) is 18.3 Å². The third-order valence-electron chi connectivity index (χ3n) is 6.74. The number of oxazole rings is 1. The minimum absolute atomic E-state index is 0.126. The Morgan fingerprint density at radius 1 is 1.26 bits per heavy atom. The van der Waals surface area contributed by atoms with Crippen LogP contribution in [0.2, 0.25) is 0 Å². The molecule has 0 bridgehead atoms. The number of nitrogens with one attached hydrogen (secondary N) is 2. The van der Waals surface area contributed by atoms with E-state index in [0.29, 0.717) is 48.7 Å². The van der Waals surface area contributed by atoms with Gasteiger partial charge in [-0.05, 0) is 42.9 Å². The van der Waals surface area contributed by atoms with Crippen molar-refractivity contribution in [1.29, 1.82) is 0 Å². The van der Waals surface area contributed by atoms with Crippen molar-refractivity contribution in [2.24, 2.45) is 5.92 Å². The summed E-state index contributed by atoms with van der Waals surface area (Å²) in [5, 5.41) is 10.6. The first-order chi connectivity index (χ1) is 18.2. The molecule has 202 valence electrons. The molecule has 1 aliphatic heterocycles. The Morgan fingerprint density at radius 3 is 2.84 bits per heavy atom. The van der Waals surface area contributed by atoms with Gasteiger partial charge in [0.25, 0.3) is 11.8 Å². The van der Waals surface area contributed by atoms with E-state index in [4.69, 9.17) is 14.3 Å². The Labute approximate surface area is 216 Å². The highest BCUT2D eigenvalue weighted by Crippen LogP contribution is 2.33. The number of nitrogens with zero attached hydrogens (tertiary/aromatic N) is 3. The van der Waals surface area contributed by atoms with Crippen LogP contribution in [0.25, 0.3) is 0 Å². The summed E-state index contributed by atoms with van der Waals surface area (Å²) in [7, 11) is 0. The monoisotopic (exact) mass is 531 g/mol. The quantitative estimate of drug-likeness (QED) is 0.389. The van der Waals surface area contributed by atoms with Gasteiger partial charge in [0.05, 0.1) is 23.5 Å². The van der Waals surface area contributed by atoms with E-state index < -0.39 is 18.7 Å². The lowest BCUT2D eigenvalue weighted by Crippen LogP contribution is -2.42. The number of rotatable bonds is 11.